The largest absolute Gasteiger partial charge is 0.481 e. The predicted octanol–water partition coefficient (Wildman–Crippen LogP) is 3.34. The maximum atomic E-state index is 13.1. The molecule has 0 fully saturated rings. The summed E-state index contributed by atoms with van der Waals surface area (Å²) in [5, 5.41) is 18.7. The van der Waals surface area contributed by atoms with E-state index in [1.165, 1.54) is 0 Å². The molecule has 0 aliphatic carbocycles. The van der Waals surface area contributed by atoms with Gasteiger partial charge < -0.3 is 5.11 Å². The molecular weight excluding hydrogens is 285 g/mol. The van der Waals surface area contributed by atoms with Gasteiger partial charge in [0.15, 0.2) is 0 Å². The van der Waals surface area contributed by atoms with Crippen LogP contribution in [0.1, 0.15) is 13.3 Å². The van der Waals surface area contributed by atoms with Crippen molar-refractivity contribution in [2.75, 3.05) is 0 Å². The lowest BCUT2D eigenvalue weighted by Crippen LogP contribution is -2.06. The van der Waals surface area contributed by atoms with E-state index in [2.05, 4.69) is 0 Å². The van der Waals surface area contributed by atoms with Crippen LogP contribution in [0, 0.1) is 15.9 Å². The summed E-state index contributed by atoms with van der Waals surface area (Å²) in [5.41, 5.74) is -0.417. The van der Waals surface area contributed by atoms with Crippen molar-refractivity contribution in [2.24, 2.45) is 0 Å². The molecule has 1 unspecified atom stereocenters. The average Bonchev–Trinajstić information content (AvgIpc) is 2.21. The van der Waals surface area contributed by atoms with Crippen molar-refractivity contribution < 1.29 is 19.2 Å². The zero-order valence-electron chi connectivity index (χ0n) is 9.22. The van der Waals surface area contributed by atoms with Crippen LogP contribution in [0.25, 0.3) is 0 Å². The third-order valence-electron chi connectivity index (χ3n) is 1.99. The Labute approximate surface area is 111 Å². The third-order valence-corrected chi connectivity index (χ3v) is 3.43. The van der Waals surface area contributed by atoms with Crippen molar-refractivity contribution >= 4 is 35.0 Å². The Hall–Kier alpha value is -1.34. The first kappa shape index (κ1) is 14.7. The van der Waals surface area contributed by atoms with Crippen molar-refractivity contribution in [1.29, 1.82) is 0 Å². The average molecular weight is 294 g/mol. The molecule has 0 amide bonds. The molecule has 1 aromatic carbocycles. The number of nitrogens with zero attached hydrogens (tertiary/aromatic N) is 1. The molecular formula is C10H9ClFNO4S. The van der Waals surface area contributed by atoms with Gasteiger partial charge in [-0.25, -0.2) is 4.39 Å². The van der Waals surface area contributed by atoms with E-state index >= 15 is 0 Å². The van der Waals surface area contributed by atoms with E-state index in [1.54, 1.807) is 6.92 Å². The number of nitro groups is 1. The van der Waals surface area contributed by atoms with Gasteiger partial charge in [-0.15, -0.1) is 11.8 Å². The quantitative estimate of drug-likeness (QED) is 0.511. The van der Waals surface area contributed by atoms with Gasteiger partial charge in [0.1, 0.15) is 5.82 Å². The summed E-state index contributed by atoms with van der Waals surface area (Å²) in [6, 6.07) is 1.87. The highest BCUT2D eigenvalue weighted by molar-refractivity contribution is 8.00. The molecule has 0 heterocycles. The van der Waals surface area contributed by atoms with Crippen LogP contribution in [0.15, 0.2) is 17.0 Å². The highest BCUT2D eigenvalue weighted by Gasteiger charge is 2.21. The number of hydrogen-bond acceptors (Lipinski definition) is 4. The number of hydrogen-bond donors (Lipinski definition) is 1. The zero-order valence-corrected chi connectivity index (χ0v) is 10.8. The Morgan fingerprint density at radius 1 is 1.67 bits per heavy atom. The van der Waals surface area contributed by atoms with Crippen LogP contribution >= 0.6 is 23.4 Å². The minimum Gasteiger partial charge on any atom is -0.481 e. The van der Waals surface area contributed by atoms with E-state index in [4.69, 9.17) is 16.7 Å². The Kier molecular flexibility index (Phi) is 4.92. The first-order chi connectivity index (χ1) is 8.31. The van der Waals surface area contributed by atoms with Crippen molar-refractivity contribution in [3.05, 3.63) is 33.1 Å². The Morgan fingerprint density at radius 3 is 2.78 bits per heavy atom. The number of thioether (sulfide) groups is 1. The maximum Gasteiger partial charge on any atom is 0.304 e. The van der Waals surface area contributed by atoms with E-state index in [0.717, 1.165) is 23.9 Å². The van der Waals surface area contributed by atoms with Crippen molar-refractivity contribution in [2.45, 2.75) is 23.5 Å². The third kappa shape index (κ3) is 3.85. The lowest BCUT2D eigenvalue weighted by atomic mass is 10.3. The van der Waals surface area contributed by atoms with E-state index in [0.29, 0.717) is 0 Å². The molecule has 1 N–H and O–H groups in total. The van der Waals surface area contributed by atoms with Gasteiger partial charge in [0, 0.05) is 5.25 Å². The van der Waals surface area contributed by atoms with Gasteiger partial charge in [0.05, 0.1) is 27.3 Å². The summed E-state index contributed by atoms with van der Waals surface area (Å²) in [7, 11) is 0. The summed E-state index contributed by atoms with van der Waals surface area (Å²) >= 11 is 6.53. The summed E-state index contributed by atoms with van der Waals surface area (Å²) in [6.07, 6.45) is -0.156. The lowest BCUT2D eigenvalue weighted by molar-refractivity contribution is -0.387. The number of rotatable bonds is 5. The van der Waals surface area contributed by atoms with Crippen LogP contribution in [0.2, 0.25) is 5.02 Å². The fourth-order valence-corrected chi connectivity index (χ4v) is 2.59. The van der Waals surface area contributed by atoms with Gasteiger partial charge in [0.25, 0.3) is 5.69 Å². The van der Waals surface area contributed by atoms with E-state index in [9.17, 15) is 19.3 Å². The van der Waals surface area contributed by atoms with E-state index < -0.39 is 22.4 Å². The second kappa shape index (κ2) is 6.01. The lowest BCUT2D eigenvalue weighted by Gasteiger charge is -2.09. The zero-order chi connectivity index (χ0) is 13.9. The van der Waals surface area contributed by atoms with Gasteiger partial charge in [-0.1, -0.05) is 18.5 Å². The number of nitro benzene ring substituents is 1. The molecule has 1 atom stereocenters. The van der Waals surface area contributed by atoms with Crippen molar-refractivity contribution in [1.82, 2.24) is 0 Å². The summed E-state index contributed by atoms with van der Waals surface area (Å²) < 4.78 is 13.1. The minimum absolute atomic E-state index is 0.153. The molecule has 0 aromatic heterocycles. The summed E-state index contributed by atoms with van der Waals surface area (Å²) in [5.74, 6) is -1.88. The first-order valence-corrected chi connectivity index (χ1v) is 6.09. The molecule has 0 aliphatic heterocycles. The molecule has 1 aromatic rings. The number of aliphatic carboxylic acids is 1. The monoisotopic (exact) mass is 293 g/mol. The smallest absolute Gasteiger partial charge is 0.304 e. The SMILES string of the molecule is CC(CC(=O)O)Sc1cc(Cl)c(F)cc1[N+](=O)[O-]. The Bertz CT molecular complexity index is 497. The molecule has 0 saturated carbocycles. The molecule has 1 rings (SSSR count). The molecule has 18 heavy (non-hydrogen) atoms. The van der Waals surface area contributed by atoms with E-state index in [-0.39, 0.29) is 21.6 Å². The molecule has 98 valence electrons. The first-order valence-electron chi connectivity index (χ1n) is 4.83. The number of benzene rings is 1. The molecule has 0 bridgehead atoms. The second-order valence-electron chi connectivity index (χ2n) is 3.52. The van der Waals surface area contributed by atoms with Crippen LogP contribution in [-0.4, -0.2) is 21.2 Å². The number of carboxylic acid groups (broad SMARTS) is 1. The molecule has 0 radical (unpaired) electrons. The fourth-order valence-electron chi connectivity index (χ4n) is 1.26. The van der Waals surface area contributed by atoms with Crippen LogP contribution < -0.4 is 0 Å². The van der Waals surface area contributed by atoms with Gasteiger partial charge in [-0.05, 0) is 6.07 Å². The highest BCUT2D eigenvalue weighted by atomic mass is 35.5. The predicted molar refractivity (Wildman–Crippen MR) is 65.6 cm³/mol. The fraction of sp³-hybridized carbons (Fsp3) is 0.300. The Morgan fingerprint density at radius 2 is 2.28 bits per heavy atom. The molecule has 0 spiro atoms. The minimum atomic E-state index is -1.01. The number of carbonyl (C=O) groups is 1. The standard InChI is InChI=1S/C10H9ClFNO4S/c1-5(2-10(14)15)18-9-3-6(11)7(12)4-8(9)13(16)17/h3-5H,2H2,1H3,(H,14,15). The highest BCUT2D eigenvalue weighted by Crippen LogP contribution is 2.36. The summed E-state index contributed by atoms with van der Waals surface area (Å²) in [4.78, 5) is 20.7. The molecule has 0 saturated heterocycles. The van der Waals surface area contributed by atoms with Gasteiger partial charge >= 0.3 is 5.97 Å². The van der Waals surface area contributed by atoms with E-state index in [1.807, 2.05) is 0 Å². The van der Waals surface area contributed by atoms with Crippen molar-refractivity contribution in [3.8, 4) is 0 Å². The van der Waals surface area contributed by atoms with Crippen LogP contribution in [0.5, 0.6) is 0 Å². The molecule has 5 nitrogen and oxygen atoms in total. The maximum absolute atomic E-state index is 13.1. The molecule has 0 aliphatic rings. The van der Waals surface area contributed by atoms with Gasteiger partial charge in [-0.3, -0.25) is 14.9 Å². The normalized spacial score (nSPS) is 12.2. The topological polar surface area (TPSA) is 80.4 Å². The summed E-state index contributed by atoms with van der Waals surface area (Å²) in [6.45, 7) is 1.61. The van der Waals surface area contributed by atoms with Crippen LogP contribution in [0.3, 0.4) is 0 Å². The molecule has 8 heteroatoms. The van der Waals surface area contributed by atoms with Crippen molar-refractivity contribution in [3.63, 3.8) is 0 Å². The Balaban J connectivity index is 3.03. The number of halogens is 2. The van der Waals surface area contributed by atoms with Crippen LogP contribution in [0.4, 0.5) is 10.1 Å². The van der Waals surface area contributed by atoms with Crippen LogP contribution in [-0.2, 0) is 4.79 Å². The second-order valence-corrected chi connectivity index (χ2v) is 5.40. The number of carboxylic acids is 1. The van der Waals surface area contributed by atoms with Gasteiger partial charge in [0.2, 0.25) is 0 Å². The van der Waals surface area contributed by atoms with Gasteiger partial charge in [-0.2, -0.15) is 0 Å².